The summed E-state index contributed by atoms with van der Waals surface area (Å²) in [4.78, 5) is 27.9. The van der Waals surface area contributed by atoms with Gasteiger partial charge >= 0.3 is 13.1 Å². The molecule has 3 aliphatic rings. The van der Waals surface area contributed by atoms with Gasteiger partial charge in [-0.3, -0.25) is 9.59 Å². The standard InChI is InChI=1S/C24H30BF5N4O3/c1-14-10-15(2)33-20(14)11-19-7-6-18(34(19)25(33,29)30)8-9-21(35)31-12-17(4)32(13-16(31)3)22(36)23(5,37)24(26,27)28/h6-7,10-11,16-17,37H,8-9,12-13H2,1-5H3/t16-,17+,23-/m1/s1. The van der Waals surface area contributed by atoms with Gasteiger partial charge in [0.2, 0.25) is 11.5 Å². The number of amides is 2. The Morgan fingerprint density at radius 3 is 2.32 bits per heavy atom. The van der Waals surface area contributed by atoms with Crippen molar-refractivity contribution in [2.75, 3.05) is 13.1 Å². The van der Waals surface area contributed by atoms with Gasteiger partial charge in [0, 0.05) is 61.9 Å². The number of aromatic nitrogens is 1. The number of fused-ring (bicyclic) bond motifs is 2. The summed E-state index contributed by atoms with van der Waals surface area (Å²) in [6.07, 6.45) is -0.312. The lowest BCUT2D eigenvalue weighted by atomic mass is 9.90. The molecule has 4 heterocycles. The molecular formula is C24H30BF5N4O3. The topological polar surface area (TPSA) is 68.8 Å². The molecule has 1 fully saturated rings. The van der Waals surface area contributed by atoms with Gasteiger partial charge in [-0.15, -0.1) is 0 Å². The lowest BCUT2D eigenvalue weighted by molar-refractivity contribution is -0.362. The zero-order chi connectivity index (χ0) is 27.7. The molecular weight excluding hydrogens is 498 g/mol. The molecule has 1 aromatic heterocycles. The second-order valence-corrected chi connectivity index (χ2v) is 10.3. The van der Waals surface area contributed by atoms with E-state index in [1.54, 1.807) is 45.1 Å². The Morgan fingerprint density at radius 2 is 1.70 bits per heavy atom. The van der Waals surface area contributed by atoms with Gasteiger partial charge < -0.3 is 32.5 Å². The zero-order valence-corrected chi connectivity index (χ0v) is 21.3. The Hall–Kier alpha value is -2.96. The molecule has 0 unspecified atom stereocenters. The summed E-state index contributed by atoms with van der Waals surface area (Å²) >= 11 is 0. The highest BCUT2D eigenvalue weighted by Gasteiger charge is 2.58. The van der Waals surface area contributed by atoms with Crippen LogP contribution in [0.15, 0.2) is 23.9 Å². The summed E-state index contributed by atoms with van der Waals surface area (Å²) in [6, 6.07) is 0.311. The van der Waals surface area contributed by atoms with E-state index >= 15 is 8.63 Å². The molecule has 0 radical (unpaired) electrons. The van der Waals surface area contributed by atoms with Gasteiger partial charge in [0.15, 0.2) is 5.70 Å². The Morgan fingerprint density at radius 1 is 1.11 bits per heavy atom. The molecule has 1 N–H and O–H groups in total. The summed E-state index contributed by atoms with van der Waals surface area (Å²) in [6.45, 7) is 2.53. The van der Waals surface area contributed by atoms with Gasteiger partial charge in [0.1, 0.15) is 5.71 Å². The average molecular weight is 528 g/mol. The summed E-state index contributed by atoms with van der Waals surface area (Å²) in [5, 5.41) is 9.80. The molecule has 3 aliphatic heterocycles. The van der Waals surface area contributed by atoms with Crippen LogP contribution in [0.5, 0.6) is 0 Å². The number of halogens is 5. The number of alkyl halides is 3. The molecule has 1 aromatic rings. The first-order valence-corrected chi connectivity index (χ1v) is 12.1. The van der Waals surface area contributed by atoms with Gasteiger partial charge in [0.05, 0.1) is 0 Å². The molecule has 0 aromatic carbocycles. The molecule has 1 saturated heterocycles. The predicted molar refractivity (Wildman–Crippen MR) is 128 cm³/mol. The Labute approximate surface area is 211 Å². The zero-order valence-electron chi connectivity index (χ0n) is 21.3. The van der Waals surface area contributed by atoms with Crippen molar-refractivity contribution in [2.24, 2.45) is 0 Å². The minimum absolute atomic E-state index is 0.0367. The van der Waals surface area contributed by atoms with Crippen molar-refractivity contribution < 1.29 is 41.0 Å². The van der Waals surface area contributed by atoms with E-state index in [1.165, 1.54) is 11.8 Å². The fourth-order valence-corrected chi connectivity index (χ4v) is 5.43. The van der Waals surface area contributed by atoms with Crippen molar-refractivity contribution in [3.8, 4) is 0 Å². The van der Waals surface area contributed by atoms with Crippen LogP contribution in [0, 0.1) is 13.8 Å². The Balaban J connectivity index is 1.47. The van der Waals surface area contributed by atoms with E-state index in [0.717, 1.165) is 19.4 Å². The first-order chi connectivity index (χ1) is 17.0. The van der Waals surface area contributed by atoms with Crippen LogP contribution in [0.2, 0.25) is 0 Å². The number of hydrogen-bond donors (Lipinski definition) is 1. The van der Waals surface area contributed by atoms with Crippen LogP contribution >= 0.6 is 0 Å². The molecule has 202 valence electrons. The van der Waals surface area contributed by atoms with Crippen molar-refractivity contribution in [3.05, 3.63) is 40.9 Å². The highest BCUT2D eigenvalue weighted by atomic mass is 19.4. The van der Waals surface area contributed by atoms with Crippen LogP contribution in [0.1, 0.15) is 50.6 Å². The maximum absolute atomic E-state index is 15.6. The van der Waals surface area contributed by atoms with Crippen LogP contribution in [0.4, 0.5) is 21.8 Å². The highest BCUT2D eigenvalue weighted by Crippen LogP contribution is 2.35. The predicted octanol–water partition coefficient (Wildman–Crippen LogP) is 3.25. The van der Waals surface area contributed by atoms with E-state index in [1.807, 2.05) is 0 Å². The number of rotatable bonds is 4. The molecule has 2 amide bonds. The van der Waals surface area contributed by atoms with E-state index in [9.17, 15) is 27.9 Å². The SMILES string of the molecule is Cc1cc(C)n2c1C=C1C=CC(CCC(=O)N3C[C@H](C)N(C(=O)[C@@](C)(O)C(F)(F)F)C[C@H]3C)=[N+]1[B-]2(F)F. The van der Waals surface area contributed by atoms with Crippen LogP contribution in [0.25, 0.3) is 6.08 Å². The van der Waals surface area contributed by atoms with Gasteiger partial charge in [-0.2, -0.15) is 13.2 Å². The number of allylic oxidation sites excluding steroid dienone is 2. The fraction of sp³-hybridized carbons (Fsp3) is 0.542. The third-order valence-corrected chi connectivity index (χ3v) is 7.54. The molecule has 3 atom stereocenters. The van der Waals surface area contributed by atoms with Gasteiger partial charge in [-0.1, -0.05) is 0 Å². The van der Waals surface area contributed by atoms with E-state index in [0.29, 0.717) is 29.7 Å². The minimum Gasteiger partial charge on any atom is -0.394 e. The largest absolute Gasteiger partial charge is 0.737 e. The lowest BCUT2D eigenvalue weighted by Gasteiger charge is -2.46. The first-order valence-electron chi connectivity index (χ1n) is 12.1. The quantitative estimate of drug-likeness (QED) is 0.482. The number of hydrogen-bond acceptors (Lipinski definition) is 3. The minimum atomic E-state index is -5.14. The van der Waals surface area contributed by atoms with Crippen LogP contribution in [0.3, 0.4) is 0 Å². The molecule has 0 bridgehead atoms. The molecule has 13 heteroatoms. The van der Waals surface area contributed by atoms with Crippen LogP contribution < -0.4 is 0 Å². The molecule has 0 aliphatic carbocycles. The van der Waals surface area contributed by atoms with E-state index in [-0.39, 0.29) is 31.8 Å². The molecule has 7 nitrogen and oxygen atoms in total. The maximum atomic E-state index is 15.6. The highest BCUT2D eigenvalue weighted by molar-refractivity contribution is 6.58. The van der Waals surface area contributed by atoms with E-state index in [2.05, 4.69) is 0 Å². The van der Waals surface area contributed by atoms with Gasteiger partial charge in [-0.25, -0.2) is 0 Å². The Kier molecular flexibility index (Phi) is 6.45. The Bertz CT molecular complexity index is 1250. The van der Waals surface area contributed by atoms with Crippen molar-refractivity contribution in [3.63, 3.8) is 0 Å². The van der Waals surface area contributed by atoms with Crippen LogP contribution in [-0.4, -0.2) is 85.3 Å². The third kappa shape index (κ3) is 4.30. The normalized spacial score (nSPS) is 24.6. The van der Waals surface area contributed by atoms with Crippen molar-refractivity contribution in [1.29, 1.82) is 0 Å². The third-order valence-electron chi connectivity index (χ3n) is 7.54. The maximum Gasteiger partial charge on any atom is 0.737 e. The molecule has 0 saturated carbocycles. The monoisotopic (exact) mass is 528 g/mol. The smallest absolute Gasteiger partial charge is 0.394 e. The molecule has 0 spiro atoms. The number of nitrogens with zero attached hydrogens (tertiary/aromatic N) is 4. The number of aryl methyl sites for hydroxylation is 2. The van der Waals surface area contributed by atoms with Crippen molar-refractivity contribution in [2.45, 2.75) is 71.3 Å². The second-order valence-electron chi connectivity index (χ2n) is 10.3. The van der Waals surface area contributed by atoms with Gasteiger partial charge in [-0.05, 0) is 51.9 Å². The number of piperazine rings is 1. The van der Waals surface area contributed by atoms with Crippen molar-refractivity contribution in [1.82, 2.24) is 14.3 Å². The van der Waals surface area contributed by atoms with Gasteiger partial charge in [0.25, 0.3) is 5.91 Å². The van der Waals surface area contributed by atoms with Crippen molar-refractivity contribution >= 4 is 30.6 Å². The second kappa shape index (κ2) is 8.81. The van der Waals surface area contributed by atoms with E-state index in [4.69, 9.17) is 0 Å². The summed E-state index contributed by atoms with van der Waals surface area (Å²) in [5.74, 6) is -1.82. The summed E-state index contributed by atoms with van der Waals surface area (Å²) in [7, 11) is 0. The number of carbonyl (C=O) groups excluding carboxylic acids is 2. The average Bonchev–Trinajstić information content (AvgIpc) is 3.33. The summed E-state index contributed by atoms with van der Waals surface area (Å²) < 4.78 is 72.7. The molecule has 4 rings (SSSR count). The lowest BCUT2D eigenvalue weighted by Crippen LogP contribution is -2.65. The summed E-state index contributed by atoms with van der Waals surface area (Å²) in [5.41, 5.74) is -1.24. The number of aliphatic hydroxyl groups is 1. The van der Waals surface area contributed by atoms with E-state index < -0.39 is 36.7 Å². The molecule has 37 heavy (non-hydrogen) atoms. The fourth-order valence-electron chi connectivity index (χ4n) is 5.43. The first kappa shape index (κ1) is 27.1. The van der Waals surface area contributed by atoms with Crippen LogP contribution in [-0.2, 0) is 9.59 Å². The number of carbonyl (C=O) groups is 2.